The molecule has 2 rings (SSSR count). The molecule has 0 amide bonds. The predicted molar refractivity (Wildman–Crippen MR) is 75.8 cm³/mol. The summed E-state index contributed by atoms with van der Waals surface area (Å²) in [5, 5.41) is 6.70. The molecule has 20 heavy (non-hydrogen) atoms. The third-order valence-electron chi connectivity index (χ3n) is 2.86. The van der Waals surface area contributed by atoms with Crippen LogP contribution in [0.15, 0.2) is 46.1 Å². The second-order valence-corrected chi connectivity index (χ2v) is 6.05. The molecule has 0 radical (unpaired) electrons. The van der Waals surface area contributed by atoms with Crippen molar-refractivity contribution in [2.24, 2.45) is 0 Å². The van der Waals surface area contributed by atoms with Crippen molar-refractivity contribution >= 4 is 15.7 Å². The number of rotatable bonds is 6. The lowest BCUT2D eigenvalue weighted by Gasteiger charge is -2.14. The van der Waals surface area contributed by atoms with Gasteiger partial charge in [-0.05, 0) is 31.2 Å². The van der Waals surface area contributed by atoms with E-state index in [9.17, 15) is 8.42 Å². The van der Waals surface area contributed by atoms with Gasteiger partial charge in [0, 0.05) is 6.04 Å². The molecule has 0 spiro atoms. The summed E-state index contributed by atoms with van der Waals surface area (Å²) in [5.41, 5.74) is 1.22. The summed E-state index contributed by atoms with van der Waals surface area (Å²) in [6.45, 7) is 4.81. The maximum Gasteiger partial charge on any atom is 0.262 e. The van der Waals surface area contributed by atoms with Crippen LogP contribution in [0.5, 0.6) is 0 Å². The normalized spacial score (nSPS) is 13.1. The Bertz CT molecular complexity index is 653. The monoisotopic (exact) mass is 295 g/mol. The standard InChI is InChI=1S/C13H17N3O3S/c1-3-14-10(2)11-5-4-6-13(7-11)20(17,18)16-12-8-15-19-9-12/h4-10,14,16H,3H2,1-2H3. The summed E-state index contributed by atoms with van der Waals surface area (Å²) < 4.78 is 31.5. The van der Waals surface area contributed by atoms with E-state index >= 15 is 0 Å². The number of aromatic nitrogens is 1. The predicted octanol–water partition coefficient (Wildman–Crippen LogP) is 2.15. The largest absolute Gasteiger partial charge is 0.362 e. The molecule has 0 saturated carbocycles. The Balaban J connectivity index is 2.25. The third-order valence-corrected chi connectivity index (χ3v) is 4.24. The number of hydrogen-bond acceptors (Lipinski definition) is 5. The Kier molecular flexibility index (Phi) is 4.41. The van der Waals surface area contributed by atoms with E-state index in [1.165, 1.54) is 12.5 Å². The van der Waals surface area contributed by atoms with E-state index < -0.39 is 10.0 Å². The lowest BCUT2D eigenvalue weighted by molar-refractivity contribution is 0.420. The number of benzene rings is 1. The first-order chi connectivity index (χ1) is 9.53. The molecule has 1 unspecified atom stereocenters. The molecule has 0 aliphatic carbocycles. The maximum atomic E-state index is 12.2. The summed E-state index contributed by atoms with van der Waals surface area (Å²) >= 11 is 0. The molecule has 0 saturated heterocycles. The fourth-order valence-electron chi connectivity index (χ4n) is 1.84. The van der Waals surface area contributed by atoms with Gasteiger partial charge in [0.15, 0.2) is 0 Å². The summed E-state index contributed by atoms with van der Waals surface area (Å²) in [5.74, 6) is 0. The molecule has 0 aliphatic heterocycles. The van der Waals surface area contributed by atoms with Crippen LogP contribution in [0.25, 0.3) is 0 Å². The van der Waals surface area contributed by atoms with E-state index in [4.69, 9.17) is 0 Å². The van der Waals surface area contributed by atoms with Crippen molar-refractivity contribution in [1.82, 2.24) is 10.5 Å². The summed E-state index contributed by atoms with van der Waals surface area (Å²) in [6.07, 6.45) is 2.55. The molecule has 0 bridgehead atoms. The molecule has 7 heteroatoms. The topological polar surface area (TPSA) is 84.2 Å². The molecule has 1 aromatic carbocycles. The zero-order chi connectivity index (χ0) is 14.6. The first-order valence-corrected chi connectivity index (χ1v) is 7.77. The van der Waals surface area contributed by atoms with Crippen LogP contribution in [-0.4, -0.2) is 20.1 Å². The molecule has 0 fully saturated rings. The maximum absolute atomic E-state index is 12.2. The molecular weight excluding hydrogens is 278 g/mol. The fourth-order valence-corrected chi connectivity index (χ4v) is 2.92. The van der Waals surface area contributed by atoms with E-state index in [0.717, 1.165) is 12.1 Å². The van der Waals surface area contributed by atoms with Crippen LogP contribution in [0.4, 0.5) is 5.69 Å². The lowest BCUT2D eigenvalue weighted by Crippen LogP contribution is -2.18. The summed E-state index contributed by atoms with van der Waals surface area (Å²) in [7, 11) is -3.63. The minimum absolute atomic E-state index is 0.0886. The van der Waals surface area contributed by atoms with E-state index in [0.29, 0.717) is 5.69 Å². The van der Waals surface area contributed by atoms with Gasteiger partial charge in [-0.2, -0.15) is 0 Å². The van der Waals surface area contributed by atoms with Crippen molar-refractivity contribution in [2.45, 2.75) is 24.8 Å². The quantitative estimate of drug-likeness (QED) is 0.853. The number of sulfonamides is 1. The highest BCUT2D eigenvalue weighted by Gasteiger charge is 2.16. The first kappa shape index (κ1) is 14.5. The number of anilines is 1. The van der Waals surface area contributed by atoms with Crippen molar-refractivity contribution in [3.63, 3.8) is 0 Å². The lowest BCUT2D eigenvalue weighted by atomic mass is 10.1. The Morgan fingerprint density at radius 1 is 1.40 bits per heavy atom. The van der Waals surface area contributed by atoms with Crippen LogP contribution in [0.1, 0.15) is 25.5 Å². The molecule has 2 aromatic rings. The van der Waals surface area contributed by atoms with Gasteiger partial charge in [-0.15, -0.1) is 0 Å². The van der Waals surface area contributed by atoms with Gasteiger partial charge >= 0.3 is 0 Å². The number of nitrogens with one attached hydrogen (secondary N) is 2. The van der Waals surface area contributed by atoms with E-state index in [1.807, 2.05) is 19.9 Å². The van der Waals surface area contributed by atoms with Gasteiger partial charge in [0.2, 0.25) is 0 Å². The Hall–Kier alpha value is -1.86. The zero-order valence-corrected chi connectivity index (χ0v) is 12.1. The fraction of sp³-hybridized carbons (Fsp3) is 0.308. The van der Waals surface area contributed by atoms with Crippen LogP contribution in [0.3, 0.4) is 0 Å². The Morgan fingerprint density at radius 2 is 2.20 bits per heavy atom. The molecule has 0 aliphatic rings. The van der Waals surface area contributed by atoms with Gasteiger partial charge in [-0.25, -0.2) is 8.42 Å². The van der Waals surface area contributed by atoms with Crippen molar-refractivity contribution < 1.29 is 12.9 Å². The van der Waals surface area contributed by atoms with Gasteiger partial charge in [0.25, 0.3) is 10.0 Å². The second kappa shape index (κ2) is 6.06. The number of hydrogen-bond donors (Lipinski definition) is 2. The Morgan fingerprint density at radius 3 is 2.85 bits per heavy atom. The van der Waals surface area contributed by atoms with Gasteiger partial charge in [0.1, 0.15) is 12.0 Å². The average molecular weight is 295 g/mol. The molecule has 1 aromatic heterocycles. The van der Waals surface area contributed by atoms with Crippen molar-refractivity contribution in [3.05, 3.63) is 42.3 Å². The van der Waals surface area contributed by atoms with E-state index in [2.05, 4.69) is 19.7 Å². The highest BCUT2D eigenvalue weighted by molar-refractivity contribution is 7.92. The zero-order valence-electron chi connectivity index (χ0n) is 11.3. The summed E-state index contributed by atoms with van der Waals surface area (Å²) in [4.78, 5) is 0.209. The minimum atomic E-state index is -3.63. The molecular formula is C13H17N3O3S. The number of nitrogens with zero attached hydrogens (tertiary/aromatic N) is 1. The van der Waals surface area contributed by atoms with E-state index in [1.54, 1.807) is 18.2 Å². The van der Waals surface area contributed by atoms with Crippen LogP contribution in [0, 0.1) is 0 Å². The second-order valence-electron chi connectivity index (χ2n) is 4.37. The third kappa shape index (κ3) is 3.37. The van der Waals surface area contributed by atoms with Crippen LogP contribution >= 0.6 is 0 Å². The molecule has 1 atom stereocenters. The van der Waals surface area contributed by atoms with Crippen molar-refractivity contribution in [1.29, 1.82) is 0 Å². The van der Waals surface area contributed by atoms with E-state index in [-0.39, 0.29) is 10.9 Å². The van der Waals surface area contributed by atoms with Gasteiger partial charge in [-0.3, -0.25) is 4.72 Å². The van der Waals surface area contributed by atoms with Gasteiger partial charge in [-0.1, -0.05) is 24.2 Å². The highest BCUT2D eigenvalue weighted by Crippen LogP contribution is 2.20. The average Bonchev–Trinajstić information content (AvgIpc) is 2.91. The van der Waals surface area contributed by atoms with Crippen LogP contribution < -0.4 is 10.0 Å². The molecule has 2 N–H and O–H groups in total. The first-order valence-electron chi connectivity index (χ1n) is 6.28. The smallest absolute Gasteiger partial charge is 0.262 e. The van der Waals surface area contributed by atoms with Gasteiger partial charge < -0.3 is 9.84 Å². The van der Waals surface area contributed by atoms with Crippen LogP contribution in [-0.2, 0) is 10.0 Å². The minimum Gasteiger partial charge on any atom is -0.362 e. The summed E-state index contributed by atoms with van der Waals surface area (Å²) in [6, 6.07) is 6.92. The Labute approximate surface area is 118 Å². The SMILES string of the molecule is CCNC(C)c1cccc(S(=O)(=O)Nc2cnoc2)c1. The molecule has 1 heterocycles. The molecule has 108 valence electrons. The van der Waals surface area contributed by atoms with Crippen molar-refractivity contribution in [3.8, 4) is 0 Å². The van der Waals surface area contributed by atoms with Gasteiger partial charge in [0.05, 0.1) is 11.1 Å². The van der Waals surface area contributed by atoms with Crippen molar-refractivity contribution in [2.75, 3.05) is 11.3 Å². The molecule has 6 nitrogen and oxygen atoms in total. The van der Waals surface area contributed by atoms with Crippen LogP contribution in [0.2, 0.25) is 0 Å². The highest BCUT2D eigenvalue weighted by atomic mass is 32.2.